The molecule has 0 spiro atoms. The third kappa shape index (κ3) is 8.05. The predicted molar refractivity (Wildman–Crippen MR) is 81.3 cm³/mol. The molecule has 0 saturated carbocycles. The summed E-state index contributed by atoms with van der Waals surface area (Å²) in [5.41, 5.74) is -3.22. The van der Waals surface area contributed by atoms with Gasteiger partial charge in [0, 0.05) is 5.75 Å². The summed E-state index contributed by atoms with van der Waals surface area (Å²) in [5.74, 6) is 0.0338. The van der Waals surface area contributed by atoms with E-state index in [2.05, 4.69) is 0 Å². The van der Waals surface area contributed by atoms with Crippen LogP contribution in [0.15, 0.2) is 29.2 Å². The van der Waals surface area contributed by atoms with Crippen molar-refractivity contribution >= 4 is 21.9 Å². The zero-order valence-corrected chi connectivity index (χ0v) is 13.9. The van der Waals surface area contributed by atoms with Gasteiger partial charge in [0.1, 0.15) is 0 Å². The summed E-state index contributed by atoms with van der Waals surface area (Å²) in [6, 6.07) is 6.35. The van der Waals surface area contributed by atoms with E-state index < -0.39 is 15.6 Å². The molecule has 0 amide bonds. The second-order valence-electron chi connectivity index (χ2n) is 4.80. The molecule has 0 atom stereocenters. The number of halogens is 3. The summed E-state index contributed by atoms with van der Waals surface area (Å²) >= 11 is -0.0271. The second kappa shape index (κ2) is 8.79. The lowest BCUT2D eigenvalue weighted by atomic mass is 10.2. The Morgan fingerprint density at radius 1 is 1.05 bits per heavy atom. The topological polar surface area (TPSA) is 43.4 Å². The van der Waals surface area contributed by atoms with E-state index in [0.717, 1.165) is 5.56 Å². The number of thioether (sulfide) groups is 1. The van der Waals surface area contributed by atoms with Crippen LogP contribution in [-0.2, 0) is 14.3 Å². The number of unbranched alkanes of at least 4 members (excludes halogenated alkanes) is 3. The van der Waals surface area contributed by atoms with Crippen molar-refractivity contribution in [3.63, 3.8) is 0 Å². The number of rotatable bonds is 9. The van der Waals surface area contributed by atoms with Crippen LogP contribution in [0.4, 0.5) is 13.2 Å². The fourth-order valence-electron chi connectivity index (χ4n) is 1.69. The molecule has 8 heteroatoms. The highest BCUT2D eigenvalue weighted by Crippen LogP contribution is 2.30. The van der Waals surface area contributed by atoms with Crippen LogP contribution in [0.5, 0.6) is 0 Å². The highest BCUT2D eigenvalue weighted by atomic mass is 32.2. The second-order valence-corrected chi connectivity index (χ2v) is 7.57. The maximum absolute atomic E-state index is 11.9. The van der Waals surface area contributed by atoms with E-state index in [1.165, 1.54) is 12.1 Å². The third-order valence-electron chi connectivity index (χ3n) is 2.85. The van der Waals surface area contributed by atoms with Crippen molar-refractivity contribution in [2.45, 2.75) is 43.0 Å². The van der Waals surface area contributed by atoms with E-state index >= 15 is 0 Å². The molecular weight excluding hydrogens is 337 g/mol. The minimum Gasteiger partial charge on any atom is -0.266 e. The fraction of sp³-hybridized carbons (Fsp3) is 0.571. The van der Waals surface area contributed by atoms with Gasteiger partial charge >= 0.3 is 5.51 Å². The van der Waals surface area contributed by atoms with Crippen LogP contribution in [0.3, 0.4) is 0 Å². The lowest BCUT2D eigenvalue weighted by Crippen LogP contribution is -2.07. The summed E-state index contributed by atoms with van der Waals surface area (Å²) in [6.07, 6.45) is 2.22. The van der Waals surface area contributed by atoms with E-state index in [1.807, 2.05) is 6.92 Å². The fourth-order valence-corrected chi connectivity index (χ4v) is 3.21. The minimum absolute atomic E-state index is 0.0271. The molecular formula is C14H19F3O3S2. The minimum atomic E-state index is -4.18. The summed E-state index contributed by atoms with van der Waals surface area (Å²) < 4.78 is 64.2. The van der Waals surface area contributed by atoms with E-state index in [-0.39, 0.29) is 29.0 Å². The van der Waals surface area contributed by atoms with Gasteiger partial charge in [0.15, 0.2) is 0 Å². The average Bonchev–Trinajstić information content (AvgIpc) is 2.41. The number of aryl methyl sites for hydroxylation is 1. The number of hydrogen-bond acceptors (Lipinski definition) is 4. The summed E-state index contributed by atoms with van der Waals surface area (Å²) in [4.78, 5) is 0.111. The van der Waals surface area contributed by atoms with Gasteiger partial charge in [-0.15, -0.1) is 0 Å². The van der Waals surface area contributed by atoms with Gasteiger partial charge in [-0.1, -0.05) is 42.3 Å². The maximum atomic E-state index is 11.9. The number of benzene rings is 1. The first-order valence-corrected chi connectivity index (χ1v) is 9.27. The van der Waals surface area contributed by atoms with Crippen LogP contribution in [0.1, 0.15) is 31.2 Å². The molecule has 0 radical (unpaired) electrons. The maximum Gasteiger partial charge on any atom is 0.441 e. The number of alkyl halides is 3. The third-order valence-corrected chi connectivity index (χ3v) is 5.00. The Hall–Kier alpha value is -0.730. The first kappa shape index (κ1) is 19.3. The molecule has 0 unspecified atom stereocenters. The Bertz CT molecular complexity index is 539. The Labute approximate surface area is 133 Å². The molecule has 1 rings (SSSR count). The molecule has 22 heavy (non-hydrogen) atoms. The van der Waals surface area contributed by atoms with Crippen molar-refractivity contribution in [3.05, 3.63) is 29.8 Å². The first-order valence-electron chi connectivity index (χ1n) is 6.87. The van der Waals surface area contributed by atoms with Crippen molar-refractivity contribution in [2.75, 3.05) is 12.4 Å². The highest BCUT2D eigenvalue weighted by Gasteiger charge is 2.27. The van der Waals surface area contributed by atoms with Crippen LogP contribution in [0.2, 0.25) is 0 Å². The Morgan fingerprint density at radius 3 is 2.23 bits per heavy atom. The molecule has 0 aliphatic carbocycles. The predicted octanol–water partition coefficient (Wildman–Crippen LogP) is 4.51. The molecule has 0 N–H and O–H groups in total. The molecule has 0 heterocycles. The zero-order chi connectivity index (χ0) is 16.6. The molecule has 0 aliphatic rings. The van der Waals surface area contributed by atoms with Crippen LogP contribution in [0, 0.1) is 6.92 Å². The molecule has 3 nitrogen and oxygen atoms in total. The van der Waals surface area contributed by atoms with Gasteiger partial charge in [-0.25, -0.2) is 0 Å². The van der Waals surface area contributed by atoms with Gasteiger partial charge in [-0.3, -0.25) is 4.18 Å². The monoisotopic (exact) mass is 356 g/mol. The van der Waals surface area contributed by atoms with Crippen molar-refractivity contribution in [2.24, 2.45) is 0 Å². The van der Waals surface area contributed by atoms with E-state index in [4.69, 9.17) is 4.18 Å². The summed E-state index contributed by atoms with van der Waals surface area (Å²) in [5, 5.41) is 0. The van der Waals surface area contributed by atoms with Crippen molar-refractivity contribution in [1.82, 2.24) is 0 Å². The van der Waals surface area contributed by atoms with Gasteiger partial charge < -0.3 is 0 Å². The Kier molecular flexibility index (Phi) is 7.71. The quantitative estimate of drug-likeness (QED) is 0.482. The van der Waals surface area contributed by atoms with Crippen LogP contribution in [0.25, 0.3) is 0 Å². The highest BCUT2D eigenvalue weighted by molar-refractivity contribution is 8.00. The standard InChI is InChI=1S/C14H19F3O3S2/c1-12-6-8-13(9-7-12)22(18,19)20-10-4-2-3-5-11-21-14(15,16)17/h6-9H,2-5,10-11H2,1H3. The molecule has 0 aromatic heterocycles. The zero-order valence-electron chi connectivity index (χ0n) is 12.2. The molecule has 1 aromatic carbocycles. The molecule has 0 saturated heterocycles. The molecule has 126 valence electrons. The first-order chi connectivity index (χ1) is 10.2. The van der Waals surface area contributed by atoms with Crippen LogP contribution in [-0.4, -0.2) is 26.3 Å². The molecule has 0 fully saturated rings. The van der Waals surface area contributed by atoms with Gasteiger partial charge in [0.05, 0.1) is 11.5 Å². The van der Waals surface area contributed by atoms with Crippen LogP contribution < -0.4 is 0 Å². The van der Waals surface area contributed by atoms with Crippen molar-refractivity contribution < 1.29 is 25.8 Å². The van der Waals surface area contributed by atoms with Gasteiger partial charge in [0.25, 0.3) is 10.1 Å². The van der Waals surface area contributed by atoms with E-state index in [0.29, 0.717) is 25.7 Å². The van der Waals surface area contributed by atoms with E-state index in [9.17, 15) is 21.6 Å². The van der Waals surface area contributed by atoms with Gasteiger partial charge in [-0.05, 0) is 31.9 Å². The Balaban J connectivity index is 2.17. The lowest BCUT2D eigenvalue weighted by molar-refractivity contribution is -0.0328. The average molecular weight is 356 g/mol. The smallest absolute Gasteiger partial charge is 0.266 e. The molecule has 0 bridgehead atoms. The van der Waals surface area contributed by atoms with Crippen molar-refractivity contribution in [3.8, 4) is 0 Å². The largest absolute Gasteiger partial charge is 0.441 e. The lowest BCUT2D eigenvalue weighted by Gasteiger charge is -2.07. The van der Waals surface area contributed by atoms with Gasteiger partial charge in [-0.2, -0.15) is 21.6 Å². The van der Waals surface area contributed by atoms with Crippen LogP contribution >= 0.6 is 11.8 Å². The Morgan fingerprint density at radius 2 is 1.64 bits per heavy atom. The SMILES string of the molecule is Cc1ccc(S(=O)(=O)OCCCCCCSC(F)(F)F)cc1. The van der Waals surface area contributed by atoms with Crippen molar-refractivity contribution in [1.29, 1.82) is 0 Å². The van der Waals surface area contributed by atoms with E-state index in [1.54, 1.807) is 12.1 Å². The molecule has 0 aliphatic heterocycles. The summed E-state index contributed by atoms with van der Waals surface area (Å²) in [6.45, 7) is 1.90. The number of hydrogen-bond donors (Lipinski definition) is 0. The summed E-state index contributed by atoms with van der Waals surface area (Å²) in [7, 11) is -3.75. The molecule has 1 aromatic rings. The normalized spacial score (nSPS) is 12.5. The van der Waals surface area contributed by atoms with Gasteiger partial charge in [0.2, 0.25) is 0 Å².